The second kappa shape index (κ2) is 5.83. The lowest BCUT2D eigenvalue weighted by molar-refractivity contribution is 0.446. The van der Waals surface area contributed by atoms with E-state index < -0.39 is 0 Å². The van der Waals surface area contributed by atoms with Crippen molar-refractivity contribution < 1.29 is 4.74 Å². The first-order chi connectivity index (χ1) is 8.70. The molecule has 0 amide bonds. The van der Waals surface area contributed by atoms with Crippen molar-refractivity contribution >= 4 is 11.6 Å². The lowest BCUT2D eigenvalue weighted by Crippen LogP contribution is -1.97. The predicted octanol–water partition coefficient (Wildman–Crippen LogP) is 4.13. The van der Waals surface area contributed by atoms with Crippen molar-refractivity contribution in [2.75, 3.05) is 0 Å². The van der Waals surface area contributed by atoms with Gasteiger partial charge in [-0.2, -0.15) is 5.10 Å². The van der Waals surface area contributed by atoms with E-state index in [0.29, 0.717) is 17.7 Å². The van der Waals surface area contributed by atoms with Crippen LogP contribution in [0.1, 0.15) is 31.0 Å². The highest BCUT2D eigenvalue weighted by atomic mass is 35.5. The summed E-state index contributed by atoms with van der Waals surface area (Å²) >= 11 is 5.66. The highest BCUT2D eigenvalue weighted by molar-refractivity contribution is 6.16. The van der Waals surface area contributed by atoms with Gasteiger partial charge in [-0.1, -0.05) is 32.0 Å². The Kier molecular flexibility index (Phi) is 4.15. The largest absolute Gasteiger partial charge is 0.437 e. The second-order valence-corrected chi connectivity index (χ2v) is 4.56. The van der Waals surface area contributed by atoms with Crippen molar-refractivity contribution in [1.82, 2.24) is 10.2 Å². The molecule has 0 fully saturated rings. The Balaban J connectivity index is 2.22. The summed E-state index contributed by atoms with van der Waals surface area (Å²) < 4.78 is 5.75. The van der Waals surface area contributed by atoms with Crippen molar-refractivity contribution in [3.8, 4) is 11.6 Å². The number of hydrogen-bond acceptors (Lipinski definition) is 3. The van der Waals surface area contributed by atoms with Gasteiger partial charge in [0, 0.05) is 6.07 Å². The first-order valence-electron chi connectivity index (χ1n) is 5.86. The number of ether oxygens (including phenoxy) is 1. The zero-order valence-electron chi connectivity index (χ0n) is 10.4. The van der Waals surface area contributed by atoms with E-state index in [2.05, 4.69) is 30.1 Å². The maximum absolute atomic E-state index is 5.75. The summed E-state index contributed by atoms with van der Waals surface area (Å²) in [4.78, 5) is 0. The third kappa shape index (κ3) is 2.99. The standard InChI is InChI=1S/C14H15ClN2O/c1-10(2)12-5-3-4-6-13(12)18-14-8-7-11(9-15)16-17-14/h3-8,10H,9H2,1-2H3. The molecule has 0 atom stereocenters. The zero-order valence-corrected chi connectivity index (χ0v) is 11.2. The molecular formula is C14H15ClN2O. The Bertz CT molecular complexity index is 511. The van der Waals surface area contributed by atoms with Crippen molar-refractivity contribution in [2.45, 2.75) is 25.6 Å². The molecule has 1 aromatic carbocycles. The molecule has 94 valence electrons. The summed E-state index contributed by atoms with van der Waals surface area (Å²) in [5.74, 6) is 2.06. The molecule has 0 aliphatic rings. The van der Waals surface area contributed by atoms with E-state index in [9.17, 15) is 0 Å². The van der Waals surface area contributed by atoms with Crippen LogP contribution < -0.4 is 4.74 Å². The fourth-order valence-corrected chi connectivity index (χ4v) is 1.78. The van der Waals surface area contributed by atoms with Gasteiger partial charge >= 0.3 is 0 Å². The molecule has 2 rings (SSSR count). The number of halogens is 1. The van der Waals surface area contributed by atoms with E-state index in [0.717, 1.165) is 17.0 Å². The van der Waals surface area contributed by atoms with Crippen LogP contribution in [0.15, 0.2) is 36.4 Å². The molecular weight excluding hydrogens is 248 g/mol. The topological polar surface area (TPSA) is 35.0 Å². The van der Waals surface area contributed by atoms with E-state index in [1.165, 1.54) is 0 Å². The van der Waals surface area contributed by atoms with Gasteiger partial charge in [-0.25, -0.2) is 0 Å². The Hall–Kier alpha value is -1.61. The van der Waals surface area contributed by atoms with Crippen LogP contribution in [-0.2, 0) is 5.88 Å². The summed E-state index contributed by atoms with van der Waals surface area (Å²) in [6.07, 6.45) is 0. The molecule has 4 heteroatoms. The molecule has 18 heavy (non-hydrogen) atoms. The molecule has 0 saturated carbocycles. The molecule has 1 aromatic heterocycles. The number of aromatic nitrogens is 2. The highest BCUT2D eigenvalue weighted by Crippen LogP contribution is 2.29. The smallest absolute Gasteiger partial charge is 0.238 e. The van der Waals surface area contributed by atoms with E-state index in [1.54, 1.807) is 6.07 Å². The minimum absolute atomic E-state index is 0.357. The maximum Gasteiger partial charge on any atom is 0.238 e. The van der Waals surface area contributed by atoms with Gasteiger partial charge in [0.15, 0.2) is 0 Å². The zero-order chi connectivity index (χ0) is 13.0. The predicted molar refractivity (Wildman–Crippen MR) is 72.2 cm³/mol. The van der Waals surface area contributed by atoms with Crippen LogP contribution in [0.4, 0.5) is 0 Å². The number of hydrogen-bond donors (Lipinski definition) is 0. The third-order valence-electron chi connectivity index (χ3n) is 2.59. The Morgan fingerprint density at radius 3 is 2.50 bits per heavy atom. The van der Waals surface area contributed by atoms with Crippen LogP contribution in [0.2, 0.25) is 0 Å². The minimum Gasteiger partial charge on any atom is -0.437 e. The van der Waals surface area contributed by atoms with E-state index in [4.69, 9.17) is 16.3 Å². The first kappa shape index (κ1) is 12.8. The lowest BCUT2D eigenvalue weighted by Gasteiger charge is -2.12. The summed E-state index contributed by atoms with van der Waals surface area (Å²) in [6.45, 7) is 4.26. The van der Waals surface area contributed by atoms with Crippen LogP contribution in [0.5, 0.6) is 11.6 Å². The van der Waals surface area contributed by atoms with Gasteiger partial charge in [-0.05, 0) is 23.6 Å². The number of rotatable bonds is 4. The molecule has 1 heterocycles. The molecule has 0 bridgehead atoms. The number of para-hydroxylation sites is 1. The van der Waals surface area contributed by atoms with Gasteiger partial charge in [-0.15, -0.1) is 16.7 Å². The highest BCUT2D eigenvalue weighted by Gasteiger charge is 2.08. The molecule has 0 aliphatic carbocycles. The number of nitrogens with zero attached hydrogens (tertiary/aromatic N) is 2. The van der Waals surface area contributed by atoms with Crippen LogP contribution in [0.25, 0.3) is 0 Å². The maximum atomic E-state index is 5.75. The van der Waals surface area contributed by atoms with Gasteiger partial charge in [0.1, 0.15) is 5.75 Å². The lowest BCUT2D eigenvalue weighted by atomic mass is 10.0. The summed E-state index contributed by atoms with van der Waals surface area (Å²) in [5, 5.41) is 7.95. The molecule has 0 N–H and O–H groups in total. The molecule has 3 nitrogen and oxygen atoms in total. The van der Waals surface area contributed by atoms with Gasteiger partial charge in [0.2, 0.25) is 5.88 Å². The summed E-state index contributed by atoms with van der Waals surface area (Å²) in [6, 6.07) is 11.5. The fraction of sp³-hybridized carbons (Fsp3) is 0.286. The van der Waals surface area contributed by atoms with Gasteiger partial charge < -0.3 is 4.74 Å². The monoisotopic (exact) mass is 262 g/mol. The average Bonchev–Trinajstić information content (AvgIpc) is 2.40. The molecule has 2 aromatic rings. The molecule has 0 unspecified atom stereocenters. The average molecular weight is 263 g/mol. The number of alkyl halides is 1. The minimum atomic E-state index is 0.357. The Morgan fingerprint density at radius 1 is 1.11 bits per heavy atom. The normalized spacial score (nSPS) is 10.7. The van der Waals surface area contributed by atoms with Crippen LogP contribution in [-0.4, -0.2) is 10.2 Å². The van der Waals surface area contributed by atoms with Crippen LogP contribution >= 0.6 is 11.6 Å². The Morgan fingerprint density at radius 2 is 1.89 bits per heavy atom. The van der Waals surface area contributed by atoms with Gasteiger partial charge in [-0.3, -0.25) is 0 Å². The van der Waals surface area contributed by atoms with Crippen LogP contribution in [0.3, 0.4) is 0 Å². The fourth-order valence-electron chi connectivity index (χ4n) is 1.64. The second-order valence-electron chi connectivity index (χ2n) is 4.29. The van der Waals surface area contributed by atoms with E-state index >= 15 is 0 Å². The number of benzene rings is 1. The SMILES string of the molecule is CC(C)c1ccccc1Oc1ccc(CCl)nn1. The van der Waals surface area contributed by atoms with Crippen molar-refractivity contribution in [3.63, 3.8) is 0 Å². The molecule has 0 aliphatic heterocycles. The van der Waals surface area contributed by atoms with Gasteiger partial charge in [0.05, 0.1) is 11.6 Å². The van der Waals surface area contributed by atoms with Crippen LogP contribution in [0, 0.1) is 0 Å². The Labute approximate surface area is 112 Å². The van der Waals surface area contributed by atoms with E-state index in [1.807, 2.05) is 24.3 Å². The van der Waals surface area contributed by atoms with Gasteiger partial charge in [0.25, 0.3) is 0 Å². The third-order valence-corrected chi connectivity index (χ3v) is 2.86. The van der Waals surface area contributed by atoms with Crippen molar-refractivity contribution in [1.29, 1.82) is 0 Å². The summed E-state index contributed by atoms with van der Waals surface area (Å²) in [7, 11) is 0. The molecule has 0 saturated heterocycles. The quantitative estimate of drug-likeness (QED) is 0.777. The molecule has 0 radical (unpaired) electrons. The first-order valence-corrected chi connectivity index (χ1v) is 6.39. The van der Waals surface area contributed by atoms with E-state index in [-0.39, 0.29) is 0 Å². The molecule has 0 spiro atoms. The summed E-state index contributed by atoms with van der Waals surface area (Å²) in [5.41, 5.74) is 1.89. The van der Waals surface area contributed by atoms with Crippen molar-refractivity contribution in [2.24, 2.45) is 0 Å². The van der Waals surface area contributed by atoms with Crippen molar-refractivity contribution in [3.05, 3.63) is 47.7 Å².